The van der Waals surface area contributed by atoms with Gasteiger partial charge in [0.1, 0.15) is 0 Å². The number of unbranched alkanes of at least 4 members (excludes halogenated alkanes) is 2. The van der Waals surface area contributed by atoms with Crippen molar-refractivity contribution in [2.24, 2.45) is 5.90 Å². The van der Waals surface area contributed by atoms with Crippen molar-refractivity contribution in [3.8, 4) is 0 Å². The molecule has 0 aliphatic carbocycles. The van der Waals surface area contributed by atoms with Gasteiger partial charge in [-0.15, -0.1) is 0 Å². The first-order valence-corrected chi connectivity index (χ1v) is 2.73. The molecule has 0 aliphatic rings. The highest BCUT2D eigenvalue weighted by Gasteiger charge is 1.80. The zero-order valence-electron chi connectivity index (χ0n) is 4.81. The van der Waals surface area contributed by atoms with Crippen molar-refractivity contribution in [3.05, 3.63) is 0 Å². The van der Waals surface area contributed by atoms with E-state index in [1.165, 1.54) is 12.8 Å². The number of hydrogen-bond donors (Lipinski definition) is 1. The van der Waals surface area contributed by atoms with E-state index in [2.05, 4.69) is 11.8 Å². The molecule has 0 amide bonds. The Morgan fingerprint density at radius 1 is 1.43 bits per heavy atom. The third-order valence-electron chi connectivity index (χ3n) is 0.866. The van der Waals surface area contributed by atoms with Crippen LogP contribution in [0.1, 0.15) is 26.2 Å². The van der Waals surface area contributed by atoms with Crippen LogP contribution in [0.4, 0.5) is 0 Å². The van der Waals surface area contributed by atoms with Gasteiger partial charge in [0.15, 0.2) is 0 Å². The molecule has 0 atom stereocenters. The van der Waals surface area contributed by atoms with Gasteiger partial charge in [0.05, 0.1) is 6.61 Å². The second kappa shape index (κ2) is 5.92. The van der Waals surface area contributed by atoms with E-state index >= 15 is 0 Å². The summed E-state index contributed by atoms with van der Waals surface area (Å²) in [6, 6.07) is 0. The number of hydrogen-bond acceptors (Lipinski definition) is 2. The first kappa shape index (κ1) is 6.92. The Morgan fingerprint density at radius 3 is 2.57 bits per heavy atom. The van der Waals surface area contributed by atoms with Crippen LogP contribution in [0.2, 0.25) is 0 Å². The third-order valence-corrected chi connectivity index (χ3v) is 0.866. The standard InChI is InChI=1S/C5H13NO/c1-2-3-4-5-7-6/h2-6H2,1H3. The maximum Gasteiger partial charge on any atom is 0.0679 e. The maximum atomic E-state index is 4.77. The van der Waals surface area contributed by atoms with Crippen molar-refractivity contribution >= 4 is 0 Å². The zero-order valence-corrected chi connectivity index (χ0v) is 4.81. The molecule has 0 aromatic rings. The highest BCUT2D eigenvalue weighted by Crippen LogP contribution is 1.91. The van der Waals surface area contributed by atoms with Crippen molar-refractivity contribution in [3.63, 3.8) is 0 Å². The summed E-state index contributed by atoms with van der Waals surface area (Å²) < 4.78 is 0. The molecule has 0 aromatic carbocycles. The topological polar surface area (TPSA) is 35.2 Å². The molecule has 44 valence electrons. The number of rotatable bonds is 4. The molecular weight excluding hydrogens is 90.1 g/mol. The van der Waals surface area contributed by atoms with Gasteiger partial charge in [0.25, 0.3) is 0 Å². The molecule has 0 radical (unpaired) electrons. The average molecular weight is 103 g/mol. The molecule has 2 nitrogen and oxygen atoms in total. The van der Waals surface area contributed by atoms with Crippen molar-refractivity contribution < 1.29 is 4.84 Å². The van der Waals surface area contributed by atoms with Gasteiger partial charge in [0.2, 0.25) is 0 Å². The molecule has 0 unspecified atom stereocenters. The molecule has 0 rings (SSSR count). The van der Waals surface area contributed by atoms with Crippen LogP contribution in [0, 0.1) is 0 Å². The van der Waals surface area contributed by atoms with Gasteiger partial charge in [-0.3, -0.25) is 0 Å². The molecule has 0 heterocycles. The van der Waals surface area contributed by atoms with Crippen molar-refractivity contribution in [1.29, 1.82) is 0 Å². The van der Waals surface area contributed by atoms with Crippen LogP contribution in [0.15, 0.2) is 0 Å². The van der Waals surface area contributed by atoms with Crippen molar-refractivity contribution in [2.45, 2.75) is 26.2 Å². The minimum absolute atomic E-state index is 0.702. The van der Waals surface area contributed by atoms with Crippen LogP contribution >= 0.6 is 0 Å². The Bertz CT molecular complexity index is 27.3. The lowest BCUT2D eigenvalue weighted by molar-refractivity contribution is 0.134. The molecule has 2 N–H and O–H groups in total. The highest BCUT2D eigenvalue weighted by molar-refractivity contribution is 4.32. The van der Waals surface area contributed by atoms with Gasteiger partial charge in [-0.25, -0.2) is 5.90 Å². The second-order valence-electron chi connectivity index (χ2n) is 1.58. The summed E-state index contributed by atoms with van der Waals surface area (Å²) in [6.07, 6.45) is 3.54. The van der Waals surface area contributed by atoms with E-state index in [1.54, 1.807) is 0 Å². The SMILES string of the molecule is CCCCCON. The molecule has 7 heavy (non-hydrogen) atoms. The summed E-state index contributed by atoms with van der Waals surface area (Å²) >= 11 is 0. The van der Waals surface area contributed by atoms with Gasteiger partial charge >= 0.3 is 0 Å². The average Bonchev–Trinajstić information content (AvgIpc) is 1.69. The van der Waals surface area contributed by atoms with Crippen LogP contribution in [0.25, 0.3) is 0 Å². The molecular formula is C5H13NO. The van der Waals surface area contributed by atoms with Crippen molar-refractivity contribution in [1.82, 2.24) is 0 Å². The molecule has 0 saturated carbocycles. The molecule has 0 bridgehead atoms. The van der Waals surface area contributed by atoms with Gasteiger partial charge in [-0.2, -0.15) is 0 Å². The summed E-state index contributed by atoms with van der Waals surface area (Å²) in [5.74, 6) is 4.77. The predicted molar refractivity (Wildman–Crippen MR) is 29.7 cm³/mol. The van der Waals surface area contributed by atoms with Crippen LogP contribution in [0.5, 0.6) is 0 Å². The van der Waals surface area contributed by atoms with Crippen LogP contribution in [-0.2, 0) is 4.84 Å². The lowest BCUT2D eigenvalue weighted by atomic mass is 10.3. The first-order valence-electron chi connectivity index (χ1n) is 2.73. The molecule has 0 saturated heterocycles. The third kappa shape index (κ3) is 5.92. The second-order valence-corrected chi connectivity index (χ2v) is 1.58. The van der Waals surface area contributed by atoms with E-state index in [0.717, 1.165) is 6.42 Å². The maximum absolute atomic E-state index is 4.77. The van der Waals surface area contributed by atoms with Crippen LogP contribution in [0.3, 0.4) is 0 Å². The molecule has 0 aromatic heterocycles. The van der Waals surface area contributed by atoms with E-state index in [4.69, 9.17) is 5.90 Å². The molecule has 2 heteroatoms. The van der Waals surface area contributed by atoms with Crippen LogP contribution in [-0.4, -0.2) is 6.61 Å². The van der Waals surface area contributed by atoms with Crippen LogP contribution < -0.4 is 5.90 Å². The van der Waals surface area contributed by atoms with Gasteiger partial charge < -0.3 is 4.84 Å². The van der Waals surface area contributed by atoms with E-state index in [9.17, 15) is 0 Å². The highest BCUT2D eigenvalue weighted by atomic mass is 16.6. The fraction of sp³-hybridized carbons (Fsp3) is 1.00. The minimum Gasteiger partial charge on any atom is -0.305 e. The summed E-state index contributed by atoms with van der Waals surface area (Å²) in [4.78, 5) is 4.34. The van der Waals surface area contributed by atoms with Gasteiger partial charge in [-0.05, 0) is 6.42 Å². The van der Waals surface area contributed by atoms with Crippen molar-refractivity contribution in [2.75, 3.05) is 6.61 Å². The summed E-state index contributed by atoms with van der Waals surface area (Å²) in [5.41, 5.74) is 0. The summed E-state index contributed by atoms with van der Waals surface area (Å²) in [7, 11) is 0. The van der Waals surface area contributed by atoms with Gasteiger partial charge in [-0.1, -0.05) is 19.8 Å². The molecule has 0 spiro atoms. The summed E-state index contributed by atoms with van der Waals surface area (Å²) in [6.45, 7) is 2.85. The normalized spacial score (nSPS) is 9.43. The molecule has 0 aliphatic heterocycles. The van der Waals surface area contributed by atoms with E-state index in [0.29, 0.717) is 6.61 Å². The Hall–Kier alpha value is -0.0800. The molecule has 0 fully saturated rings. The smallest absolute Gasteiger partial charge is 0.0679 e. The number of nitrogens with two attached hydrogens (primary N) is 1. The van der Waals surface area contributed by atoms with E-state index in [-0.39, 0.29) is 0 Å². The van der Waals surface area contributed by atoms with Gasteiger partial charge in [0, 0.05) is 0 Å². The van der Waals surface area contributed by atoms with E-state index in [1.807, 2.05) is 0 Å². The Balaban J connectivity index is 2.45. The Morgan fingerprint density at radius 2 is 2.14 bits per heavy atom. The quantitative estimate of drug-likeness (QED) is 0.426. The fourth-order valence-corrected chi connectivity index (χ4v) is 0.435. The zero-order chi connectivity index (χ0) is 5.54. The largest absolute Gasteiger partial charge is 0.305 e. The fourth-order valence-electron chi connectivity index (χ4n) is 0.435. The van der Waals surface area contributed by atoms with E-state index < -0.39 is 0 Å². The first-order chi connectivity index (χ1) is 3.41. The minimum atomic E-state index is 0.702. The monoisotopic (exact) mass is 103 g/mol. The lowest BCUT2D eigenvalue weighted by Gasteiger charge is -1.92. The Labute approximate surface area is 44.6 Å². The summed E-state index contributed by atoms with van der Waals surface area (Å²) in [5, 5.41) is 0. The Kier molecular flexibility index (Phi) is 5.85. The lowest BCUT2D eigenvalue weighted by Crippen LogP contribution is -1.99. The predicted octanol–water partition coefficient (Wildman–Crippen LogP) is 1.07.